The van der Waals surface area contributed by atoms with Crippen molar-refractivity contribution in [1.82, 2.24) is 0 Å². The maximum atomic E-state index is 11.8. The summed E-state index contributed by atoms with van der Waals surface area (Å²) in [6.45, 7) is 0. The van der Waals surface area contributed by atoms with Crippen LogP contribution >= 0.6 is 0 Å². The van der Waals surface area contributed by atoms with E-state index < -0.39 is 0 Å². The average Bonchev–Trinajstić information content (AvgIpc) is 0.797. The van der Waals surface area contributed by atoms with E-state index in [1.54, 1.807) is 0 Å². The van der Waals surface area contributed by atoms with E-state index in [0.29, 0.717) is 25.7 Å². The summed E-state index contributed by atoms with van der Waals surface area (Å²) in [7, 11) is 0. The number of hydrogen-bond acceptors (Lipinski definition) is 2. The van der Waals surface area contributed by atoms with E-state index in [9.17, 15) is 9.59 Å². The van der Waals surface area contributed by atoms with Crippen LogP contribution in [0.15, 0.2) is 303 Å². The molecule has 0 aliphatic rings. The van der Waals surface area contributed by atoms with Gasteiger partial charge in [-0.1, -0.05) is 267 Å². The van der Waals surface area contributed by atoms with Crippen LogP contribution in [0.4, 0.5) is 0 Å². The Morgan fingerprint density at radius 2 is 0.367 bits per heavy atom. The molecule has 2 nitrogen and oxygen atoms in total. The van der Waals surface area contributed by atoms with Crippen LogP contribution in [0.25, 0.3) is 129 Å². The van der Waals surface area contributed by atoms with Gasteiger partial charge in [0.15, 0.2) is 0 Å². The van der Waals surface area contributed by atoms with E-state index in [4.69, 9.17) is 0 Å². The van der Waals surface area contributed by atoms with Crippen molar-refractivity contribution >= 4 is 141 Å². The molecule has 0 aromatic heterocycles. The minimum atomic E-state index is 0.261. The fraction of sp³-hybridized carbons (Fsp3) is 0.0417. The number of hydrogen-bond donors (Lipinski definition) is 0. The van der Waals surface area contributed by atoms with Crippen molar-refractivity contribution < 1.29 is 9.59 Å². The Kier molecular flexibility index (Phi) is 17.4. The zero-order chi connectivity index (χ0) is 66.0. The lowest BCUT2D eigenvalue weighted by atomic mass is 10.00. The van der Waals surface area contributed by atoms with Gasteiger partial charge in [-0.05, 0) is 196 Å². The molecule has 0 atom stereocenters. The minimum Gasteiger partial charge on any atom is -0.299 e. The van der Waals surface area contributed by atoms with E-state index in [0.717, 1.165) is 152 Å². The summed E-state index contributed by atoms with van der Waals surface area (Å²) in [5.74, 6) is 0.523. The van der Waals surface area contributed by atoms with Gasteiger partial charge in [-0.2, -0.15) is 0 Å². The Morgan fingerprint density at radius 3 is 0.551 bits per heavy atom. The number of Topliss-reactive ketones (excluding diaryl/α,β-unsaturated/α-hetero) is 2. The molecule has 0 fully saturated rings. The summed E-state index contributed by atoms with van der Waals surface area (Å²) in [6.07, 6.45) is 2.09. The molecule has 0 spiro atoms. The normalized spacial score (nSPS) is 10.6. The third-order valence-corrected chi connectivity index (χ3v) is 17.5. The number of carbonyl (C=O) groups is 2. The van der Waals surface area contributed by atoms with E-state index in [-0.39, 0.29) is 11.6 Å². The number of carbonyl (C=O) groups excluding carboxylic acids is 2. The Labute approximate surface area is 570 Å². The molecule has 0 aliphatic carbocycles. The maximum absolute atomic E-state index is 11.8. The van der Waals surface area contributed by atoms with Gasteiger partial charge in [-0.3, -0.25) is 9.59 Å². The molecule has 18 aromatic rings. The van der Waals surface area contributed by atoms with Gasteiger partial charge in [0, 0.05) is 90.3 Å². The van der Waals surface area contributed by atoms with E-state index in [2.05, 4.69) is 255 Å². The molecule has 0 saturated heterocycles. The molecular formula is C96H58O2. The van der Waals surface area contributed by atoms with Crippen molar-refractivity contribution in [1.29, 1.82) is 0 Å². The molecule has 18 aromatic carbocycles. The lowest BCUT2D eigenvalue weighted by Crippen LogP contribution is -2.06. The highest BCUT2D eigenvalue weighted by molar-refractivity contribution is 6.13. The largest absolute Gasteiger partial charge is 0.299 e. The van der Waals surface area contributed by atoms with E-state index in [1.807, 2.05) is 121 Å². The molecule has 0 saturated carbocycles. The third-order valence-electron chi connectivity index (χ3n) is 17.5. The van der Waals surface area contributed by atoms with Crippen LogP contribution in [-0.4, -0.2) is 11.6 Å². The monoisotopic (exact) mass is 1240 g/mol. The topological polar surface area (TPSA) is 34.1 Å². The van der Waals surface area contributed by atoms with Gasteiger partial charge in [0.1, 0.15) is 11.6 Å². The van der Waals surface area contributed by atoms with Gasteiger partial charge < -0.3 is 0 Å². The van der Waals surface area contributed by atoms with Crippen molar-refractivity contribution in [3.63, 3.8) is 0 Å². The quantitative estimate of drug-likeness (QED) is 0.142. The molecular weight excluding hydrogens is 1190 g/mol. The molecule has 0 heterocycles. The fourth-order valence-electron chi connectivity index (χ4n) is 12.8. The molecule has 98 heavy (non-hydrogen) atoms. The van der Waals surface area contributed by atoms with Crippen molar-refractivity contribution in [2.75, 3.05) is 0 Å². The zero-order valence-corrected chi connectivity index (χ0v) is 53.5. The number of rotatable bonds is 8. The van der Waals surface area contributed by atoms with Crippen molar-refractivity contribution in [3.8, 4) is 0 Å². The van der Waals surface area contributed by atoms with Crippen LogP contribution < -0.4 is 0 Å². The Balaban J connectivity index is 0.000000200. The molecule has 12 bridgehead atoms. The van der Waals surface area contributed by atoms with Crippen LogP contribution in [0.1, 0.15) is 22.3 Å². The zero-order valence-electron chi connectivity index (χ0n) is 53.5. The van der Waals surface area contributed by atoms with Crippen molar-refractivity contribution in [2.24, 2.45) is 0 Å². The van der Waals surface area contributed by atoms with Crippen LogP contribution in [0.3, 0.4) is 0 Å². The van der Waals surface area contributed by atoms with Crippen LogP contribution in [0.5, 0.6) is 0 Å². The lowest BCUT2D eigenvalue weighted by molar-refractivity contribution is -0.118. The molecule has 0 unspecified atom stereocenters. The first-order valence-corrected chi connectivity index (χ1v) is 32.8. The summed E-state index contributed by atoms with van der Waals surface area (Å²) in [6, 6.07) is 146. The second-order valence-electron chi connectivity index (χ2n) is 24.5. The first-order chi connectivity index (χ1) is 48.3. The molecule has 0 radical (unpaired) electrons. The summed E-state index contributed by atoms with van der Waals surface area (Å²) < 4.78 is 0. The van der Waals surface area contributed by atoms with Gasteiger partial charge in [-0.25, -0.2) is 0 Å². The summed E-state index contributed by atoms with van der Waals surface area (Å²) in [5, 5.41) is 23.7. The number of ketones is 2. The number of benzene rings is 15. The Bertz CT molecular complexity index is 5150. The van der Waals surface area contributed by atoms with Crippen LogP contribution in [0, 0.1) is 72.8 Å². The van der Waals surface area contributed by atoms with Gasteiger partial charge in [0.05, 0.1) is 0 Å². The summed E-state index contributed by atoms with van der Waals surface area (Å²) >= 11 is 0. The summed E-state index contributed by atoms with van der Waals surface area (Å²) in [4.78, 5) is 23.6. The highest BCUT2D eigenvalue weighted by Gasteiger charge is 2.09. The highest BCUT2D eigenvalue weighted by atomic mass is 16.1. The first-order valence-electron chi connectivity index (χ1n) is 32.8. The predicted octanol–water partition coefficient (Wildman–Crippen LogP) is 22.6. The standard InChI is InChI=1S/C66H30.2C15H14O/c1-7-49-25-19-43-31-44-21-27-51-9-3-15-57-38-59-17-5-11-53(65(59)41-63(51)57)29-23-47-34-46(20-26-50-8-2-14-56-37-55(13-1)61(49)40-62(50)56)35-48(36-47)24-30-54-12-6-18-60-39-58-16-4-10-52(64(58)42-66(54)60)28-22-45(32-43)33-44;2*16-15(11-13-7-3-1-4-8-13)12-14-9-5-2-6-10-14/h1-18,31-42H;2*1-10H,11-12H2. The van der Waals surface area contributed by atoms with Crippen LogP contribution in [0.2, 0.25) is 0 Å². The van der Waals surface area contributed by atoms with Gasteiger partial charge in [0.2, 0.25) is 0 Å². The molecule has 18 rings (SSSR count). The second kappa shape index (κ2) is 28.0. The summed E-state index contributed by atoms with van der Waals surface area (Å²) in [5.41, 5.74) is 4.35. The van der Waals surface area contributed by atoms with Gasteiger partial charge in [0.25, 0.3) is 0 Å². The van der Waals surface area contributed by atoms with Crippen molar-refractivity contribution in [2.45, 2.75) is 25.7 Å². The average molecular weight is 1240 g/mol. The van der Waals surface area contributed by atoms with E-state index in [1.165, 1.54) is 0 Å². The van der Waals surface area contributed by atoms with Gasteiger partial charge >= 0.3 is 0 Å². The highest BCUT2D eigenvalue weighted by Crippen LogP contribution is 2.31. The predicted molar refractivity (Wildman–Crippen MR) is 406 cm³/mol. The molecule has 454 valence electrons. The lowest BCUT2D eigenvalue weighted by Gasteiger charge is -2.03. The minimum absolute atomic E-state index is 0.261. The first kappa shape index (κ1) is 60.8. The Morgan fingerprint density at radius 1 is 0.184 bits per heavy atom. The third kappa shape index (κ3) is 14.2. The molecule has 0 aliphatic heterocycles. The van der Waals surface area contributed by atoms with E-state index >= 15 is 0 Å². The van der Waals surface area contributed by atoms with Crippen LogP contribution in [-0.2, 0) is 35.3 Å². The molecule has 0 N–H and O–H groups in total. The molecule has 2 heteroatoms. The molecule has 0 amide bonds. The Hall–Kier alpha value is -13.4. The van der Waals surface area contributed by atoms with Crippen molar-refractivity contribution in [3.05, 3.63) is 398 Å². The maximum Gasteiger partial charge on any atom is 0.141 e. The second-order valence-corrected chi connectivity index (χ2v) is 24.5. The fourth-order valence-corrected chi connectivity index (χ4v) is 12.8. The SMILES string of the molecule is O=C(Cc1ccccc1)Cc1ccccc1.O=C(Cc1ccccc1)Cc1ccccc1.c1c2cc3c#cc4cccc5cc6cccc(c#cc7cc(c#cc8cccc9cc%10cccc(c#1)c%10cc89)cc(c#cc1cccc8cc9cccc(c#cc(c2)c3)c9cc18)c7)c6cc45. The smallest absolute Gasteiger partial charge is 0.141 e. The van der Waals surface area contributed by atoms with Gasteiger partial charge in [-0.15, -0.1) is 0 Å².